The number of fused-ring (bicyclic) bond motifs is 1. The van der Waals surface area contributed by atoms with Crippen LogP contribution >= 0.6 is 15.9 Å². The van der Waals surface area contributed by atoms with Gasteiger partial charge < -0.3 is 0 Å². The van der Waals surface area contributed by atoms with Crippen LogP contribution in [0.4, 0.5) is 0 Å². The monoisotopic (exact) mass is 267 g/mol. The van der Waals surface area contributed by atoms with Gasteiger partial charge in [0.2, 0.25) is 0 Å². The van der Waals surface area contributed by atoms with Gasteiger partial charge in [-0.1, -0.05) is 0 Å². The Morgan fingerprint density at radius 2 is 2.27 bits per heavy atom. The lowest BCUT2D eigenvalue weighted by Crippen LogP contribution is -2.21. The van der Waals surface area contributed by atoms with E-state index in [4.69, 9.17) is 0 Å². The SMILES string of the molecule is CCn1c(=O)c(Br)cc2cnc(C)nc21. The summed E-state index contributed by atoms with van der Waals surface area (Å²) in [5.74, 6) is 0.673. The summed E-state index contributed by atoms with van der Waals surface area (Å²) in [7, 11) is 0. The molecule has 0 amide bonds. The average Bonchev–Trinajstić information content (AvgIpc) is 2.21. The van der Waals surface area contributed by atoms with Crippen molar-refractivity contribution in [3.63, 3.8) is 0 Å². The van der Waals surface area contributed by atoms with E-state index in [1.165, 1.54) is 0 Å². The Kier molecular flexibility index (Phi) is 2.56. The molecule has 0 N–H and O–H groups in total. The van der Waals surface area contributed by atoms with Gasteiger partial charge in [-0.25, -0.2) is 9.97 Å². The first-order valence-corrected chi connectivity index (χ1v) is 5.45. The molecule has 0 aliphatic rings. The highest BCUT2D eigenvalue weighted by atomic mass is 79.9. The fourth-order valence-corrected chi connectivity index (χ4v) is 1.96. The van der Waals surface area contributed by atoms with Crippen LogP contribution in [0.2, 0.25) is 0 Å². The van der Waals surface area contributed by atoms with Gasteiger partial charge in [-0.3, -0.25) is 9.36 Å². The molecule has 0 aromatic carbocycles. The molecule has 2 rings (SSSR count). The fraction of sp³-hybridized carbons (Fsp3) is 0.300. The van der Waals surface area contributed by atoms with E-state index in [2.05, 4.69) is 25.9 Å². The molecule has 2 aromatic heterocycles. The molecule has 0 radical (unpaired) electrons. The second-order valence-corrected chi connectivity index (χ2v) is 4.09. The Morgan fingerprint density at radius 3 is 2.93 bits per heavy atom. The molecule has 0 atom stereocenters. The second kappa shape index (κ2) is 3.73. The first-order valence-electron chi connectivity index (χ1n) is 4.66. The van der Waals surface area contributed by atoms with Gasteiger partial charge in [0.05, 0.1) is 4.47 Å². The van der Waals surface area contributed by atoms with Gasteiger partial charge in [0.1, 0.15) is 11.5 Å². The number of halogens is 1. The van der Waals surface area contributed by atoms with E-state index in [9.17, 15) is 4.79 Å². The van der Waals surface area contributed by atoms with Gasteiger partial charge in [-0.05, 0) is 35.8 Å². The minimum atomic E-state index is -0.0527. The third-order valence-electron chi connectivity index (χ3n) is 2.22. The third-order valence-corrected chi connectivity index (χ3v) is 2.79. The molecule has 0 aliphatic heterocycles. The zero-order valence-electron chi connectivity index (χ0n) is 8.49. The summed E-state index contributed by atoms with van der Waals surface area (Å²) in [6, 6.07) is 1.75. The summed E-state index contributed by atoms with van der Waals surface area (Å²) in [6.45, 7) is 4.34. The topological polar surface area (TPSA) is 47.8 Å². The van der Waals surface area contributed by atoms with Gasteiger partial charge >= 0.3 is 0 Å². The summed E-state index contributed by atoms with van der Waals surface area (Å²) in [4.78, 5) is 20.2. The molecule has 0 aliphatic carbocycles. The Bertz CT molecular complexity index is 577. The average molecular weight is 268 g/mol. The van der Waals surface area contributed by atoms with E-state index in [1.807, 2.05) is 13.8 Å². The summed E-state index contributed by atoms with van der Waals surface area (Å²) in [5, 5.41) is 0.869. The maximum atomic E-state index is 11.8. The molecular formula is C10H10BrN3O. The number of aryl methyl sites for hydroxylation is 2. The Morgan fingerprint density at radius 1 is 1.53 bits per heavy atom. The summed E-state index contributed by atoms with van der Waals surface area (Å²) in [5.41, 5.74) is 0.640. The van der Waals surface area contributed by atoms with Crippen molar-refractivity contribution in [1.82, 2.24) is 14.5 Å². The first-order chi connectivity index (χ1) is 7.13. The molecule has 2 aromatic rings. The second-order valence-electron chi connectivity index (χ2n) is 3.24. The lowest BCUT2D eigenvalue weighted by Gasteiger charge is -2.07. The minimum Gasteiger partial charge on any atom is -0.292 e. The van der Waals surface area contributed by atoms with Crippen molar-refractivity contribution in [1.29, 1.82) is 0 Å². The van der Waals surface area contributed by atoms with Gasteiger partial charge in [-0.15, -0.1) is 0 Å². The van der Waals surface area contributed by atoms with E-state index in [-0.39, 0.29) is 5.56 Å². The quantitative estimate of drug-likeness (QED) is 0.793. The zero-order valence-corrected chi connectivity index (χ0v) is 10.1. The van der Waals surface area contributed by atoms with Crippen LogP contribution in [-0.2, 0) is 6.54 Å². The number of aromatic nitrogens is 3. The van der Waals surface area contributed by atoms with Crippen LogP contribution in [0.15, 0.2) is 21.5 Å². The number of pyridine rings is 1. The molecule has 0 bridgehead atoms. The van der Waals surface area contributed by atoms with Gasteiger partial charge in [0.25, 0.3) is 5.56 Å². The largest absolute Gasteiger partial charge is 0.292 e. The summed E-state index contributed by atoms with van der Waals surface area (Å²) >= 11 is 3.24. The summed E-state index contributed by atoms with van der Waals surface area (Å²) in [6.07, 6.45) is 1.73. The van der Waals surface area contributed by atoms with Crippen molar-refractivity contribution in [2.24, 2.45) is 0 Å². The minimum absolute atomic E-state index is 0.0527. The van der Waals surface area contributed by atoms with Crippen molar-refractivity contribution in [3.05, 3.63) is 32.9 Å². The van der Waals surface area contributed by atoms with Crippen molar-refractivity contribution in [3.8, 4) is 0 Å². The van der Waals surface area contributed by atoms with E-state index in [0.717, 1.165) is 5.39 Å². The normalized spacial score (nSPS) is 10.9. The highest BCUT2D eigenvalue weighted by Crippen LogP contribution is 2.13. The molecule has 0 fully saturated rings. The van der Waals surface area contributed by atoms with Gasteiger partial charge in [0, 0.05) is 18.1 Å². The zero-order chi connectivity index (χ0) is 11.0. The van der Waals surface area contributed by atoms with Crippen LogP contribution in [0, 0.1) is 6.92 Å². The number of rotatable bonds is 1. The van der Waals surface area contributed by atoms with E-state index >= 15 is 0 Å². The van der Waals surface area contributed by atoms with Gasteiger partial charge in [0.15, 0.2) is 0 Å². The Labute approximate surface area is 95.1 Å². The molecular weight excluding hydrogens is 258 g/mol. The highest BCUT2D eigenvalue weighted by molar-refractivity contribution is 9.10. The lowest BCUT2D eigenvalue weighted by molar-refractivity contribution is 0.742. The van der Waals surface area contributed by atoms with Crippen LogP contribution in [0.3, 0.4) is 0 Å². The van der Waals surface area contributed by atoms with E-state index < -0.39 is 0 Å². The standard InChI is InChI=1S/C10H10BrN3O/c1-3-14-9-7(4-8(11)10(14)15)5-12-6(2)13-9/h4-5H,3H2,1-2H3. The maximum absolute atomic E-state index is 11.8. The molecule has 0 saturated heterocycles. The maximum Gasteiger partial charge on any atom is 0.266 e. The van der Waals surface area contributed by atoms with Crippen molar-refractivity contribution >= 4 is 27.0 Å². The van der Waals surface area contributed by atoms with Gasteiger partial charge in [-0.2, -0.15) is 0 Å². The summed E-state index contributed by atoms with van der Waals surface area (Å²) < 4.78 is 2.18. The van der Waals surface area contributed by atoms with Crippen LogP contribution in [-0.4, -0.2) is 14.5 Å². The Hall–Kier alpha value is -1.23. The molecule has 2 heterocycles. The van der Waals surface area contributed by atoms with Crippen LogP contribution in [0.5, 0.6) is 0 Å². The first kappa shape index (κ1) is 10.3. The van der Waals surface area contributed by atoms with Crippen LogP contribution in [0.1, 0.15) is 12.7 Å². The predicted molar refractivity (Wildman–Crippen MR) is 61.9 cm³/mol. The smallest absolute Gasteiger partial charge is 0.266 e. The molecule has 4 nitrogen and oxygen atoms in total. The molecule has 0 saturated carbocycles. The highest BCUT2D eigenvalue weighted by Gasteiger charge is 2.07. The molecule has 0 unspecified atom stereocenters. The third kappa shape index (κ3) is 1.67. The van der Waals surface area contributed by atoms with E-state index in [1.54, 1.807) is 16.8 Å². The fourth-order valence-electron chi connectivity index (χ4n) is 1.50. The predicted octanol–water partition coefficient (Wildman–Crippen LogP) is 1.88. The lowest BCUT2D eigenvalue weighted by atomic mass is 10.3. The van der Waals surface area contributed by atoms with Crippen molar-refractivity contribution in [2.45, 2.75) is 20.4 Å². The number of hydrogen-bond acceptors (Lipinski definition) is 3. The van der Waals surface area contributed by atoms with Crippen LogP contribution < -0.4 is 5.56 Å². The number of nitrogens with zero attached hydrogens (tertiary/aromatic N) is 3. The van der Waals surface area contributed by atoms with Crippen LogP contribution in [0.25, 0.3) is 11.0 Å². The van der Waals surface area contributed by atoms with E-state index in [0.29, 0.717) is 22.5 Å². The molecule has 15 heavy (non-hydrogen) atoms. The van der Waals surface area contributed by atoms with Crippen molar-refractivity contribution in [2.75, 3.05) is 0 Å². The molecule has 78 valence electrons. The number of hydrogen-bond donors (Lipinski definition) is 0. The molecule has 0 spiro atoms. The molecule has 5 heteroatoms. The Balaban J connectivity index is 2.96. The van der Waals surface area contributed by atoms with Crippen molar-refractivity contribution < 1.29 is 0 Å².